The normalized spacial score (nSPS) is 10.5. The van der Waals surface area contributed by atoms with E-state index in [-0.39, 0.29) is 0 Å². The van der Waals surface area contributed by atoms with Crippen molar-refractivity contribution in [3.05, 3.63) is 40.4 Å². The molecule has 0 aromatic heterocycles. The van der Waals surface area contributed by atoms with Crippen LogP contribution < -0.4 is 10.6 Å². The van der Waals surface area contributed by atoms with Crippen LogP contribution in [0.4, 0.5) is 0 Å². The maximum atomic E-state index is 5.96. The molecule has 80 valence electrons. The van der Waals surface area contributed by atoms with Crippen LogP contribution in [-0.4, -0.2) is 12.8 Å². The van der Waals surface area contributed by atoms with Crippen molar-refractivity contribution in [1.82, 2.24) is 0 Å². The fraction of sp³-hybridized carbons (Fsp3) is 0.100. The second-order valence-electron chi connectivity index (χ2n) is 2.69. The Morgan fingerprint density at radius 2 is 2.00 bits per heavy atom. The summed E-state index contributed by atoms with van der Waals surface area (Å²) in [6.07, 6.45) is 3.07. The highest BCUT2D eigenvalue weighted by Crippen LogP contribution is 2.33. The summed E-state index contributed by atoms with van der Waals surface area (Å²) in [5.74, 6) is 5.46. The van der Waals surface area contributed by atoms with Gasteiger partial charge in [0.25, 0.3) is 0 Å². The van der Waals surface area contributed by atoms with Gasteiger partial charge in [-0.1, -0.05) is 35.9 Å². The zero-order valence-corrected chi connectivity index (χ0v) is 9.42. The maximum absolute atomic E-state index is 5.96. The van der Waals surface area contributed by atoms with Crippen molar-refractivity contribution in [1.29, 1.82) is 0 Å². The lowest BCUT2D eigenvalue weighted by atomic mass is 10.2. The molecule has 0 heterocycles. The lowest BCUT2D eigenvalue weighted by Crippen LogP contribution is -1.96. The molecule has 2 N–H and O–H groups in total. The van der Waals surface area contributed by atoms with Crippen molar-refractivity contribution in [2.24, 2.45) is 10.9 Å². The van der Waals surface area contributed by atoms with Gasteiger partial charge in [0.15, 0.2) is 5.75 Å². The smallest absolute Gasteiger partial charge is 0.156 e. The van der Waals surface area contributed by atoms with Gasteiger partial charge in [-0.25, -0.2) is 0 Å². The molecule has 1 aromatic rings. The molecule has 0 radical (unpaired) electrons. The van der Waals surface area contributed by atoms with Crippen LogP contribution in [-0.2, 0) is 0 Å². The van der Waals surface area contributed by atoms with Gasteiger partial charge in [-0.2, -0.15) is 5.10 Å². The van der Waals surface area contributed by atoms with Crippen LogP contribution in [0.5, 0.6) is 5.75 Å². The standard InChI is InChI=1S/C10H10Cl2N2O/c1-2-3-15-10-8(11)4-7(6-14-13)5-9(10)12/h2,4-6H,1,3,13H2. The largest absolute Gasteiger partial charge is 0.486 e. The number of benzene rings is 1. The first-order chi connectivity index (χ1) is 7.19. The van der Waals surface area contributed by atoms with E-state index in [2.05, 4.69) is 11.7 Å². The van der Waals surface area contributed by atoms with Gasteiger partial charge in [-0.3, -0.25) is 0 Å². The van der Waals surface area contributed by atoms with Gasteiger partial charge in [0, 0.05) is 0 Å². The van der Waals surface area contributed by atoms with Crippen LogP contribution in [0.2, 0.25) is 10.0 Å². The third-order valence-electron chi connectivity index (χ3n) is 1.59. The number of hydrazone groups is 1. The third kappa shape index (κ3) is 3.15. The molecule has 0 saturated carbocycles. The number of nitrogens with two attached hydrogens (primary N) is 1. The number of halogens is 2. The van der Waals surface area contributed by atoms with Crippen molar-refractivity contribution in [2.45, 2.75) is 0 Å². The van der Waals surface area contributed by atoms with Crippen LogP contribution in [0.25, 0.3) is 0 Å². The molecule has 15 heavy (non-hydrogen) atoms. The van der Waals surface area contributed by atoms with E-state index in [0.29, 0.717) is 22.4 Å². The summed E-state index contributed by atoms with van der Waals surface area (Å²) in [7, 11) is 0. The number of hydrogen-bond donors (Lipinski definition) is 1. The molecule has 0 aliphatic rings. The molecule has 5 heteroatoms. The summed E-state index contributed by atoms with van der Waals surface area (Å²) in [4.78, 5) is 0. The van der Waals surface area contributed by atoms with Gasteiger partial charge in [-0.15, -0.1) is 0 Å². The van der Waals surface area contributed by atoms with Crippen LogP contribution in [0.15, 0.2) is 29.9 Å². The zero-order chi connectivity index (χ0) is 11.3. The highest BCUT2D eigenvalue weighted by molar-refractivity contribution is 6.37. The molecule has 3 nitrogen and oxygen atoms in total. The Kier molecular flexibility index (Phi) is 4.46. The van der Waals surface area contributed by atoms with E-state index in [4.69, 9.17) is 33.8 Å². The molecule has 0 atom stereocenters. The predicted molar refractivity (Wildman–Crippen MR) is 63.9 cm³/mol. The van der Waals surface area contributed by atoms with Crippen molar-refractivity contribution >= 4 is 29.4 Å². The van der Waals surface area contributed by atoms with Crippen molar-refractivity contribution in [2.75, 3.05) is 6.61 Å². The molecule has 0 aliphatic heterocycles. The summed E-state index contributed by atoms with van der Waals surface area (Å²) in [6, 6.07) is 3.34. The highest BCUT2D eigenvalue weighted by Gasteiger charge is 2.08. The highest BCUT2D eigenvalue weighted by atomic mass is 35.5. The van der Waals surface area contributed by atoms with E-state index in [1.165, 1.54) is 6.21 Å². The van der Waals surface area contributed by atoms with E-state index in [0.717, 1.165) is 5.56 Å². The van der Waals surface area contributed by atoms with Crippen LogP contribution in [0.1, 0.15) is 5.56 Å². The topological polar surface area (TPSA) is 47.6 Å². The number of hydrogen-bond acceptors (Lipinski definition) is 3. The van der Waals surface area contributed by atoms with Crippen molar-refractivity contribution < 1.29 is 4.74 Å². The Hall–Kier alpha value is -1.19. The number of nitrogens with zero attached hydrogens (tertiary/aromatic N) is 1. The molecule has 0 aliphatic carbocycles. The quantitative estimate of drug-likeness (QED) is 0.383. The van der Waals surface area contributed by atoms with E-state index >= 15 is 0 Å². The Morgan fingerprint density at radius 1 is 1.40 bits per heavy atom. The second kappa shape index (κ2) is 5.63. The van der Waals surface area contributed by atoms with Gasteiger partial charge >= 0.3 is 0 Å². The number of ether oxygens (including phenoxy) is 1. The van der Waals surface area contributed by atoms with E-state index in [9.17, 15) is 0 Å². The van der Waals surface area contributed by atoms with E-state index in [1.807, 2.05) is 0 Å². The molecular formula is C10H10Cl2N2O. The first-order valence-corrected chi connectivity index (χ1v) is 4.90. The van der Waals surface area contributed by atoms with Gasteiger partial charge in [0.2, 0.25) is 0 Å². The van der Waals surface area contributed by atoms with Gasteiger partial charge < -0.3 is 10.6 Å². The molecule has 0 amide bonds. The number of rotatable bonds is 4. The summed E-state index contributed by atoms with van der Waals surface area (Å²) < 4.78 is 5.29. The average Bonchev–Trinajstić information content (AvgIpc) is 2.17. The average molecular weight is 245 g/mol. The van der Waals surface area contributed by atoms with E-state index < -0.39 is 0 Å². The van der Waals surface area contributed by atoms with Gasteiger partial charge in [0.1, 0.15) is 6.61 Å². The molecule has 0 spiro atoms. The van der Waals surface area contributed by atoms with Crippen molar-refractivity contribution in [3.63, 3.8) is 0 Å². The van der Waals surface area contributed by atoms with Crippen LogP contribution >= 0.6 is 23.2 Å². The minimum Gasteiger partial charge on any atom is -0.486 e. The Balaban J connectivity index is 3.03. The second-order valence-corrected chi connectivity index (χ2v) is 3.51. The molecule has 1 rings (SSSR count). The predicted octanol–water partition coefficient (Wildman–Crippen LogP) is 2.85. The molecule has 1 aromatic carbocycles. The van der Waals surface area contributed by atoms with Crippen molar-refractivity contribution in [3.8, 4) is 5.75 Å². The van der Waals surface area contributed by atoms with Crippen LogP contribution in [0.3, 0.4) is 0 Å². The molecule has 0 fully saturated rings. The lowest BCUT2D eigenvalue weighted by molar-refractivity contribution is 0.363. The Bertz CT molecular complexity index is 368. The van der Waals surface area contributed by atoms with Gasteiger partial charge in [-0.05, 0) is 17.7 Å². The fourth-order valence-electron chi connectivity index (χ4n) is 1.02. The summed E-state index contributed by atoms with van der Waals surface area (Å²) in [5, 5.41) is 4.21. The molecular weight excluding hydrogens is 235 g/mol. The monoisotopic (exact) mass is 244 g/mol. The first-order valence-electron chi connectivity index (χ1n) is 4.15. The first kappa shape index (κ1) is 11.9. The fourth-order valence-corrected chi connectivity index (χ4v) is 1.63. The summed E-state index contributed by atoms with van der Waals surface area (Å²) in [6.45, 7) is 3.88. The summed E-state index contributed by atoms with van der Waals surface area (Å²) in [5.41, 5.74) is 0.721. The lowest BCUT2D eigenvalue weighted by Gasteiger charge is -2.08. The SMILES string of the molecule is C=CCOc1c(Cl)cc(C=NN)cc1Cl. The molecule has 0 saturated heterocycles. The Labute approximate surface area is 98.1 Å². The molecule has 0 unspecified atom stereocenters. The van der Waals surface area contributed by atoms with Gasteiger partial charge in [0.05, 0.1) is 16.3 Å². The minimum absolute atomic E-state index is 0.351. The Morgan fingerprint density at radius 3 is 2.47 bits per heavy atom. The minimum atomic E-state index is 0.351. The zero-order valence-electron chi connectivity index (χ0n) is 7.91. The molecule has 0 bridgehead atoms. The summed E-state index contributed by atoms with van der Waals surface area (Å²) >= 11 is 11.9. The van der Waals surface area contributed by atoms with E-state index in [1.54, 1.807) is 18.2 Å². The third-order valence-corrected chi connectivity index (χ3v) is 2.15. The van der Waals surface area contributed by atoms with Crippen LogP contribution in [0, 0.1) is 0 Å². The maximum Gasteiger partial charge on any atom is 0.156 e.